The van der Waals surface area contributed by atoms with Gasteiger partial charge in [0.25, 0.3) is 5.91 Å². The summed E-state index contributed by atoms with van der Waals surface area (Å²) in [4.78, 5) is 18.8. The third kappa shape index (κ3) is 3.45. The van der Waals surface area contributed by atoms with Gasteiger partial charge in [-0.05, 0) is 49.4 Å². The molecule has 4 rings (SSSR count). The molecule has 128 valence electrons. The summed E-state index contributed by atoms with van der Waals surface area (Å²) in [5.74, 6) is 0.468. The highest BCUT2D eigenvalue weighted by atomic mass is 16.2. The molecule has 0 aromatic carbocycles. The Morgan fingerprint density at radius 2 is 2.24 bits per heavy atom. The third-order valence-corrected chi connectivity index (χ3v) is 4.64. The number of nitrogens with one attached hydrogen (secondary N) is 2. The van der Waals surface area contributed by atoms with E-state index >= 15 is 0 Å². The SMILES string of the molecule is O=C(c1cc(-c2cccnc2)n[nH]1)N1CCCC(Cc2ccn[nH]2)C1. The van der Waals surface area contributed by atoms with E-state index in [1.54, 1.807) is 24.7 Å². The fraction of sp³-hybridized carbons (Fsp3) is 0.333. The maximum absolute atomic E-state index is 12.8. The van der Waals surface area contributed by atoms with E-state index in [4.69, 9.17) is 0 Å². The Morgan fingerprint density at radius 1 is 1.28 bits per heavy atom. The Kier molecular flexibility index (Phi) is 4.28. The quantitative estimate of drug-likeness (QED) is 0.765. The van der Waals surface area contributed by atoms with E-state index < -0.39 is 0 Å². The number of amides is 1. The van der Waals surface area contributed by atoms with Gasteiger partial charge in [-0.25, -0.2) is 0 Å². The van der Waals surface area contributed by atoms with Crippen molar-refractivity contribution in [3.63, 3.8) is 0 Å². The van der Waals surface area contributed by atoms with Gasteiger partial charge in [-0.2, -0.15) is 10.2 Å². The molecule has 1 unspecified atom stereocenters. The van der Waals surface area contributed by atoms with E-state index in [1.807, 2.05) is 23.1 Å². The molecular formula is C18H20N6O. The Balaban J connectivity index is 1.44. The zero-order chi connectivity index (χ0) is 17.1. The van der Waals surface area contributed by atoms with E-state index in [-0.39, 0.29) is 5.91 Å². The summed E-state index contributed by atoms with van der Waals surface area (Å²) >= 11 is 0. The largest absolute Gasteiger partial charge is 0.337 e. The number of carbonyl (C=O) groups is 1. The lowest BCUT2D eigenvalue weighted by atomic mass is 9.93. The van der Waals surface area contributed by atoms with Crippen molar-refractivity contribution < 1.29 is 4.79 Å². The molecule has 0 bridgehead atoms. The average Bonchev–Trinajstić information content (AvgIpc) is 3.34. The Labute approximate surface area is 145 Å². The first kappa shape index (κ1) is 15.6. The van der Waals surface area contributed by atoms with Crippen molar-refractivity contribution in [2.45, 2.75) is 19.3 Å². The van der Waals surface area contributed by atoms with Gasteiger partial charge in [0.1, 0.15) is 5.69 Å². The van der Waals surface area contributed by atoms with Crippen molar-refractivity contribution in [3.05, 3.63) is 54.2 Å². The smallest absolute Gasteiger partial charge is 0.271 e. The van der Waals surface area contributed by atoms with Gasteiger partial charge in [-0.15, -0.1) is 0 Å². The van der Waals surface area contributed by atoms with Crippen LogP contribution >= 0.6 is 0 Å². The normalized spacial score (nSPS) is 17.6. The number of hydrogen-bond donors (Lipinski definition) is 2. The Hall–Kier alpha value is -2.96. The van der Waals surface area contributed by atoms with Crippen LogP contribution in [-0.2, 0) is 6.42 Å². The monoisotopic (exact) mass is 336 g/mol. The van der Waals surface area contributed by atoms with Crippen molar-refractivity contribution in [1.29, 1.82) is 0 Å². The lowest BCUT2D eigenvalue weighted by molar-refractivity contribution is 0.0667. The van der Waals surface area contributed by atoms with E-state index in [1.165, 1.54) is 0 Å². The number of nitrogens with zero attached hydrogens (tertiary/aromatic N) is 4. The standard InChI is InChI=1S/C18H20N6O/c25-18(17-10-16(22-23-17)14-4-1-6-19-11-14)24-8-2-3-13(12-24)9-15-5-7-20-21-15/h1,4-7,10-11,13H,2-3,8-9,12H2,(H,20,21)(H,22,23). The molecule has 1 aliphatic rings. The van der Waals surface area contributed by atoms with Gasteiger partial charge in [0.2, 0.25) is 0 Å². The second-order valence-corrected chi connectivity index (χ2v) is 6.45. The van der Waals surface area contributed by atoms with Crippen molar-refractivity contribution in [2.75, 3.05) is 13.1 Å². The number of carbonyl (C=O) groups excluding carboxylic acids is 1. The molecule has 1 fully saturated rings. The lowest BCUT2D eigenvalue weighted by Crippen LogP contribution is -2.40. The molecule has 1 aliphatic heterocycles. The molecule has 7 nitrogen and oxygen atoms in total. The Morgan fingerprint density at radius 3 is 3.04 bits per heavy atom. The van der Waals surface area contributed by atoms with Crippen LogP contribution in [0.2, 0.25) is 0 Å². The van der Waals surface area contributed by atoms with Crippen LogP contribution < -0.4 is 0 Å². The maximum atomic E-state index is 12.8. The molecule has 1 amide bonds. The highest BCUT2D eigenvalue weighted by molar-refractivity contribution is 5.93. The second kappa shape index (κ2) is 6.88. The third-order valence-electron chi connectivity index (χ3n) is 4.64. The first-order valence-electron chi connectivity index (χ1n) is 8.53. The van der Waals surface area contributed by atoms with Crippen LogP contribution in [-0.4, -0.2) is 49.3 Å². The molecule has 0 saturated carbocycles. The van der Waals surface area contributed by atoms with Crippen molar-refractivity contribution >= 4 is 5.91 Å². The van der Waals surface area contributed by atoms with Crippen molar-refractivity contribution in [3.8, 4) is 11.3 Å². The summed E-state index contributed by atoms with van der Waals surface area (Å²) < 4.78 is 0. The molecule has 4 heterocycles. The predicted molar refractivity (Wildman–Crippen MR) is 92.7 cm³/mol. The van der Waals surface area contributed by atoms with Crippen LogP contribution in [0.15, 0.2) is 42.9 Å². The molecule has 3 aromatic rings. The van der Waals surface area contributed by atoms with Crippen LogP contribution in [0.25, 0.3) is 11.3 Å². The second-order valence-electron chi connectivity index (χ2n) is 6.45. The van der Waals surface area contributed by atoms with Crippen LogP contribution in [0.5, 0.6) is 0 Å². The number of pyridine rings is 1. The van der Waals surface area contributed by atoms with Gasteiger partial charge in [0, 0.05) is 42.9 Å². The number of piperidine rings is 1. The summed E-state index contributed by atoms with van der Waals surface area (Å²) in [5.41, 5.74) is 3.29. The van der Waals surface area contributed by atoms with Crippen LogP contribution in [0.1, 0.15) is 29.0 Å². The van der Waals surface area contributed by atoms with Crippen molar-refractivity contribution in [2.24, 2.45) is 5.92 Å². The molecule has 1 atom stereocenters. The van der Waals surface area contributed by atoms with E-state index in [0.717, 1.165) is 49.3 Å². The summed E-state index contributed by atoms with van der Waals surface area (Å²) in [5, 5.41) is 14.1. The molecule has 0 spiro atoms. The van der Waals surface area contributed by atoms with E-state index in [9.17, 15) is 4.79 Å². The van der Waals surface area contributed by atoms with Crippen LogP contribution in [0.4, 0.5) is 0 Å². The van der Waals surface area contributed by atoms with Gasteiger partial charge in [-0.1, -0.05) is 0 Å². The summed E-state index contributed by atoms with van der Waals surface area (Å²) in [6.45, 7) is 1.55. The van der Waals surface area contributed by atoms with Gasteiger partial charge >= 0.3 is 0 Å². The minimum atomic E-state index is 0.0111. The molecule has 25 heavy (non-hydrogen) atoms. The first-order chi connectivity index (χ1) is 12.3. The van der Waals surface area contributed by atoms with E-state index in [0.29, 0.717) is 11.6 Å². The lowest BCUT2D eigenvalue weighted by Gasteiger charge is -2.32. The molecule has 7 heteroatoms. The maximum Gasteiger partial charge on any atom is 0.271 e. The number of rotatable bonds is 4. The molecule has 0 aliphatic carbocycles. The average molecular weight is 336 g/mol. The van der Waals surface area contributed by atoms with Crippen LogP contribution in [0, 0.1) is 5.92 Å². The van der Waals surface area contributed by atoms with Gasteiger partial charge in [-0.3, -0.25) is 20.0 Å². The summed E-state index contributed by atoms with van der Waals surface area (Å²) in [6.07, 6.45) is 8.31. The molecule has 2 N–H and O–H groups in total. The highest BCUT2D eigenvalue weighted by Gasteiger charge is 2.26. The molecular weight excluding hydrogens is 316 g/mol. The molecule has 1 saturated heterocycles. The number of aromatic nitrogens is 5. The number of H-pyrrole nitrogens is 2. The first-order valence-corrected chi connectivity index (χ1v) is 8.53. The zero-order valence-corrected chi connectivity index (χ0v) is 13.9. The number of likely N-dealkylation sites (tertiary alicyclic amines) is 1. The predicted octanol–water partition coefficient (Wildman–Crippen LogP) is 2.29. The fourth-order valence-electron chi connectivity index (χ4n) is 3.39. The molecule has 3 aromatic heterocycles. The zero-order valence-electron chi connectivity index (χ0n) is 13.9. The van der Waals surface area contributed by atoms with Crippen LogP contribution in [0.3, 0.4) is 0 Å². The number of hydrogen-bond acceptors (Lipinski definition) is 4. The van der Waals surface area contributed by atoms with Crippen molar-refractivity contribution in [1.82, 2.24) is 30.3 Å². The highest BCUT2D eigenvalue weighted by Crippen LogP contribution is 2.22. The van der Waals surface area contributed by atoms with Gasteiger partial charge < -0.3 is 4.90 Å². The topological polar surface area (TPSA) is 90.6 Å². The minimum Gasteiger partial charge on any atom is -0.337 e. The summed E-state index contributed by atoms with van der Waals surface area (Å²) in [6, 6.07) is 7.59. The number of aromatic amines is 2. The van der Waals surface area contributed by atoms with Gasteiger partial charge in [0.15, 0.2) is 0 Å². The molecule has 0 radical (unpaired) electrons. The minimum absolute atomic E-state index is 0.0111. The fourth-order valence-corrected chi connectivity index (χ4v) is 3.39. The van der Waals surface area contributed by atoms with Gasteiger partial charge in [0.05, 0.1) is 5.69 Å². The summed E-state index contributed by atoms with van der Waals surface area (Å²) in [7, 11) is 0. The van der Waals surface area contributed by atoms with E-state index in [2.05, 4.69) is 25.4 Å². The Bertz CT molecular complexity index is 826.